The molecule has 1 saturated carbocycles. The molecular weight excluding hydrogens is 246 g/mol. The van der Waals surface area contributed by atoms with Gasteiger partial charge in [-0.05, 0) is 12.3 Å². The Hall–Kier alpha value is -0.820. The van der Waals surface area contributed by atoms with Crippen molar-refractivity contribution in [3.05, 3.63) is 0 Å². The van der Waals surface area contributed by atoms with Crippen LogP contribution in [0.3, 0.4) is 0 Å². The number of thioether (sulfide) groups is 1. The number of hydrogen-bond acceptors (Lipinski definition) is 6. The summed E-state index contributed by atoms with van der Waals surface area (Å²) in [6.45, 7) is 2.18. The van der Waals surface area contributed by atoms with Gasteiger partial charge in [-0.2, -0.15) is 0 Å². The molecule has 16 heavy (non-hydrogen) atoms. The highest BCUT2D eigenvalue weighted by molar-refractivity contribution is 8.01. The highest BCUT2D eigenvalue weighted by atomic mass is 32.2. The summed E-state index contributed by atoms with van der Waals surface area (Å²) in [6.07, 6.45) is 2.39. The zero-order chi connectivity index (χ0) is 11.5. The fourth-order valence-corrected chi connectivity index (χ4v) is 3.02. The smallest absolute Gasteiger partial charge is 0.313 e. The van der Waals surface area contributed by atoms with Gasteiger partial charge in [0.15, 0.2) is 4.34 Å². The second-order valence-corrected chi connectivity index (χ2v) is 5.91. The third kappa shape index (κ3) is 3.08. The number of carboxylic acid groups (broad SMARTS) is 1. The Balaban J connectivity index is 1.81. The number of rotatable bonds is 6. The molecule has 0 saturated heterocycles. The molecule has 2 rings (SSSR count). The van der Waals surface area contributed by atoms with Crippen LogP contribution in [-0.4, -0.2) is 33.1 Å². The number of nitrogens with one attached hydrogen (secondary N) is 1. The summed E-state index contributed by atoms with van der Waals surface area (Å²) in [5, 5.41) is 20.5. The third-order valence-electron chi connectivity index (χ3n) is 2.48. The molecule has 0 amide bonds. The Morgan fingerprint density at radius 3 is 3.12 bits per heavy atom. The van der Waals surface area contributed by atoms with Gasteiger partial charge in [0.05, 0.1) is 5.75 Å². The monoisotopic (exact) mass is 259 g/mol. The average Bonchev–Trinajstić information content (AvgIpc) is 2.84. The lowest BCUT2D eigenvalue weighted by atomic mass is 10.3. The Labute approximate surface area is 102 Å². The number of aromatic nitrogens is 2. The first-order valence-electron chi connectivity index (χ1n) is 5.13. The summed E-state index contributed by atoms with van der Waals surface area (Å²) < 4.78 is 0.707. The summed E-state index contributed by atoms with van der Waals surface area (Å²) in [4.78, 5) is 10.4. The minimum atomic E-state index is -0.831. The summed E-state index contributed by atoms with van der Waals surface area (Å²) in [5.41, 5.74) is 0. The maximum Gasteiger partial charge on any atom is 0.313 e. The molecule has 2 atom stereocenters. The van der Waals surface area contributed by atoms with Crippen LogP contribution >= 0.6 is 23.1 Å². The number of aliphatic carboxylic acids is 1. The topological polar surface area (TPSA) is 75.1 Å². The van der Waals surface area contributed by atoms with Gasteiger partial charge in [0.1, 0.15) is 0 Å². The summed E-state index contributed by atoms with van der Waals surface area (Å²) in [5.74, 6) is -0.0303. The van der Waals surface area contributed by atoms with Crippen LogP contribution in [0.1, 0.15) is 19.8 Å². The van der Waals surface area contributed by atoms with Crippen molar-refractivity contribution < 1.29 is 9.90 Å². The van der Waals surface area contributed by atoms with Crippen LogP contribution in [0.25, 0.3) is 0 Å². The van der Waals surface area contributed by atoms with E-state index in [0.717, 1.165) is 11.0 Å². The molecule has 0 radical (unpaired) electrons. The molecule has 0 aromatic carbocycles. The highest BCUT2D eigenvalue weighted by Gasteiger charge is 2.35. The minimum absolute atomic E-state index is 0.0373. The number of nitrogens with zero attached hydrogens (tertiary/aromatic N) is 2. The lowest BCUT2D eigenvalue weighted by molar-refractivity contribution is -0.133. The maximum atomic E-state index is 10.4. The Morgan fingerprint density at radius 2 is 2.50 bits per heavy atom. The third-order valence-corrected chi connectivity index (χ3v) is 4.45. The van der Waals surface area contributed by atoms with Gasteiger partial charge in [-0.1, -0.05) is 36.4 Å². The molecule has 0 bridgehead atoms. The number of carboxylic acids is 1. The van der Waals surface area contributed by atoms with E-state index in [4.69, 9.17) is 5.11 Å². The molecule has 1 aromatic heterocycles. The lowest BCUT2D eigenvalue weighted by Gasteiger charge is -1.97. The number of hydrogen-bond donors (Lipinski definition) is 2. The Bertz CT molecular complexity index is 383. The minimum Gasteiger partial charge on any atom is -0.481 e. The molecule has 0 aliphatic heterocycles. The van der Waals surface area contributed by atoms with E-state index >= 15 is 0 Å². The maximum absolute atomic E-state index is 10.4. The van der Waals surface area contributed by atoms with E-state index < -0.39 is 5.97 Å². The van der Waals surface area contributed by atoms with Gasteiger partial charge in [0.25, 0.3) is 0 Å². The summed E-state index contributed by atoms with van der Waals surface area (Å²) in [6, 6.07) is 0.537. The fourth-order valence-electron chi connectivity index (χ4n) is 1.48. The molecule has 1 heterocycles. The van der Waals surface area contributed by atoms with Crippen LogP contribution in [-0.2, 0) is 4.79 Å². The van der Waals surface area contributed by atoms with E-state index in [2.05, 4.69) is 22.4 Å². The van der Waals surface area contributed by atoms with Crippen LogP contribution < -0.4 is 5.32 Å². The molecule has 88 valence electrons. The zero-order valence-electron chi connectivity index (χ0n) is 8.84. The lowest BCUT2D eigenvalue weighted by Crippen LogP contribution is -2.03. The number of carbonyl (C=O) groups is 1. The average molecular weight is 259 g/mol. The molecule has 0 spiro atoms. The molecule has 2 N–H and O–H groups in total. The van der Waals surface area contributed by atoms with Crippen molar-refractivity contribution in [2.45, 2.75) is 30.1 Å². The SMILES string of the molecule is CCC1CC1Nc1nnc(SCC(=O)O)s1. The molecule has 5 nitrogen and oxygen atoms in total. The number of anilines is 1. The van der Waals surface area contributed by atoms with Gasteiger partial charge in [-0.3, -0.25) is 4.79 Å². The van der Waals surface area contributed by atoms with E-state index in [1.54, 1.807) is 0 Å². The molecule has 1 aliphatic carbocycles. The second-order valence-electron chi connectivity index (χ2n) is 3.71. The van der Waals surface area contributed by atoms with E-state index in [1.165, 1.54) is 35.9 Å². The zero-order valence-corrected chi connectivity index (χ0v) is 10.5. The Morgan fingerprint density at radius 1 is 1.69 bits per heavy atom. The molecule has 7 heteroatoms. The van der Waals surface area contributed by atoms with Gasteiger partial charge in [0, 0.05) is 6.04 Å². The fraction of sp³-hybridized carbons (Fsp3) is 0.667. The van der Waals surface area contributed by atoms with E-state index in [9.17, 15) is 4.79 Å². The van der Waals surface area contributed by atoms with Gasteiger partial charge in [0.2, 0.25) is 5.13 Å². The quantitative estimate of drug-likeness (QED) is 0.760. The van der Waals surface area contributed by atoms with Crippen molar-refractivity contribution in [1.82, 2.24) is 10.2 Å². The highest BCUT2D eigenvalue weighted by Crippen LogP contribution is 2.37. The van der Waals surface area contributed by atoms with E-state index in [1.807, 2.05) is 0 Å². The van der Waals surface area contributed by atoms with Crippen LogP contribution in [0.15, 0.2) is 4.34 Å². The van der Waals surface area contributed by atoms with Gasteiger partial charge < -0.3 is 10.4 Å². The van der Waals surface area contributed by atoms with E-state index in [-0.39, 0.29) is 5.75 Å². The van der Waals surface area contributed by atoms with Crippen molar-refractivity contribution in [1.29, 1.82) is 0 Å². The molecule has 1 fully saturated rings. The van der Waals surface area contributed by atoms with Crippen LogP contribution in [0.5, 0.6) is 0 Å². The van der Waals surface area contributed by atoms with Crippen LogP contribution in [0.4, 0.5) is 5.13 Å². The van der Waals surface area contributed by atoms with Gasteiger partial charge in [-0.25, -0.2) is 0 Å². The summed E-state index contributed by atoms with van der Waals surface area (Å²) in [7, 11) is 0. The molecule has 2 unspecified atom stereocenters. The normalized spacial score (nSPS) is 23.1. The van der Waals surface area contributed by atoms with Crippen molar-refractivity contribution in [3.8, 4) is 0 Å². The molecule has 1 aliphatic rings. The van der Waals surface area contributed by atoms with Crippen molar-refractivity contribution >= 4 is 34.2 Å². The Kier molecular flexibility index (Phi) is 3.65. The standard InChI is InChI=1S/C9H13N3O2S2/c1-2-5-3-6(5)10-8-11-12-9(16-8)15-4-7(13)14/h5-6H,2-4H2,1H3,(H,10,11)(H,13,14). The van der Waals surface area contributed by atoms with Gasteiger partial charge in [-0.15, -0.1) is 10.2 Å². The second kappa shape index (κ2) is 5.01. The van der Waals surface area contributed by atoms with Crippen molar-refractivity contribution in [3.63, 3.8) is 0 Å². The largest absolute Gasteiger partial charge is 0.481 e. The first-order chi connectivity index (χ1) is 7.69. The predicted molar refractivity (Wildman–Crippen MR) is 64.1 cm³/mol. The molecular formula is C9H13N3O2S2. The van der Waals surface area contributed by atoms with Crippen LogP contribution in [0, 0.1) is 5.92 Å². The van der Waals surface area contributed by atoms with Crippen molar-refractivity contribution in [2.24, 2.45) is 5.92 Å². The summed E-state index contributed by atoms with van der Waals surface area (Å²) >= 11 is 2.63. The van der Waals surface area contributed by atoms with Gasteiger partial charge >= 0.3 is 5.97 Å². The molecule has 1 aromatic rings. The van der Waals surface area contributed by atoms with E-state index in [0.29, 0.717) is 10.4 Å². The van der Waals surface area contributed by atoms with Crippen molar-refractivity contribution in [2.75, 3.05) is 11.1 Å². The first kappa shape index (κ1) is 11.7. The first-order valence-corrected chi connectivity index (χ1v) is 6.94. The van der Waals surface area contributed by atoms with Crippen LogP contribution in [0.2, 0.25) is 0 Å². The predicted octanol–water partition coefficient (Wildman–Crippen LogP) is 1.93.